The van der Waals surface area contributed by atoms with Gasteiger partial charge in [0.05, 0.1) is 31.3 Å². The predicted molar refractivity (Wildman–Crippen MR) is 139 cm³/mol. The standard InChI is InChI=1S/C25H28N6O4S/c1-31(2)24(32)14-4-5-17-20(10-14)36-23-21(17)22(28-13-29-23)30-18-8-15-11-26-12-16(15)9-19(18)35-7-6-27-25(33)34-3/h8-9,11,13-14H,4-7,10,12H2,1-3H3,(H,27,33)(H,28,29,30)/t14-/m0/s1. The van der Waals surface area contributed by atoms with Gasteiger partial charge in [0, 0.05) is 31.1 Å². The van der Waals surface area contributed by atoms with E-state index in [2.05, 4.69) is 30.3 Å². The monoisotopic (exact) mass is 508 g/mol. The first-order valence-electron chi connectivity index (χ1n) is 11.8. The van der Waals surface area contributed by atoms with Gasteiger partial charge in [0.1, 0.15) is 29.3 Å². The van der Waals surface area contributed by atoms with Gasteiger partial charge in [0.15, 0.2) is 0 Å². The van der Waals surface area contributed by atoms with Crippen molar-refractivity contribution in [3.8, 4) is 5.75 Å². The molecule has 5 rings (SSSR count). The fourth-order valence-electron chi connectivity index (χ4n) is 4.65. The molecule has 36 heavy (non-hydrogen) atoms. The van der Waals surface area contributed by atoms with Gasteiger partial charge in [-0.2, -0.15) is 0 Å². The van der Waals surface area contributed by atoms with Crippen LogP contribution < -0.4 is 15.4 Å². The van der Waals surface area contributed by atoms with Gasteiger partial charge in [-0.05, 0) is 48.1 Å². The maximum absolute atomic E-state index is 12.6. The summed E-state index contributed by atoms with van der Waals surface area (Å²) in [6.45, 7) is 1.19. The smallest absolute Gasteiger partial charge is 0.406 e. The molecule has 1 aliphatic carbocycles. The van der Waals surface area contributed by atoms with Gasteiger partial charge < -0.3 is 25.0 Å². The summed E-state index contributed by atoms with van der Waals surface area (Å²) < 4.78 is 10.6. The van der Waals surface area contributed by atoms with Gasteiger partial charge in [0.2, 0.25) is 5.91 Å². The summed E-state index contributed by atoms with van der Waals surface area (Å²) >= 11 is 1.64. The molecule has 1 aromatic carbocycles. The highest BCUT2D eigenvalue weighted by Crippen LogP contribution is 2.42. The number of benzene rings is 1. The Morgan fingerprint density at radius 2 is 2.11 bits per heavy atom. The number of methoxy groups -OCH3 is 1. The molecule has 2 aliphatic rings. The second-order valence-corrected chi connectivity index (χ2v) is 10.1. The van der Waals surface area contributed by atoms with E-state index in [0.29, 0.717) is 24.7 Å². The number of anilines is 2. The minimum Gasteiger partial charge on any atom is -0.490 e. The molecule has 10 nitrogen and oxygen atoms in total. The van der Waals surface area contributed by atoms with Crippen LogP contribution in [0.2, 0.25) is 0 Å². The van der Waals surface area contributed by atoms with Crippen LogP contribution in [-0.4, -0.2) is 67.4 Å². The lowest BCUT2D eigenvalue weighted by molar-refractivity contribution is -0.133. The van der Waals surface area contributed by atoms with Crippen molar-refractivity contribution in [3.63, 3.8) is 0 Å². The fourth-order valence-corrected chi connectivity index (χ4v) is 5.92. The van der Waals surface area contributed by atoms with Crippen molar-refractivity contribution in [1.29, 1.82) is 0 Å². The van der Waals surface area contributed by atoms with Crippen molar-refractivity contribution in [2.75, 3.05) is 39.7 Å². The number of aryl methyl sites for hydroxylation is 1. The lowest BCUT2D eigenvalue weighted by Gasteiger charge is -2.24. The molecule has 0 bridgehead atoms. The normalized spacial score (nSPS) is 15.8. The number of ether oxygens (including phenoxy) is 2. The van der Waals surface area contributed by atoms with Crippen LogP contribution in [0.15, 0.2) is 23.5 Å². The molecule has 0 saturated heterocycles. The highest BCUT2D eigenvalue weighted by Gasteiger charge is 2.30. The Morgan fingerprint density at radius 1 is 1.25 bits per heavy atom. The minimum absolute atomic E-state index is 0.000435. The molecule has 11 heteroatoms. The second-order valence-electron chi connectivity index (χ2n) is 8.99. The van der Waals surface area contributed by atoms with Crippen molar-refractivity contribution in [2.24, 2.45) is 10.9 Å². The van der Waals surface area contributed by atoms with E-state index in [1.54, 1.807) is 22.6 Å². The van der Waals surface area contributed by atoms with Crippen molar-refractivity contribution < 1.29 is 19.1 Å². The number of rotatable bonds is 7. The highest BCUT2D eigenvalue weighted by atomic mass is 32.1. The third-order valence-corrected chi connectivity index (χ3v) is 7.60. The van der Waals surface area contributed by atoms with E-state index in [-0.39, 0.29) is 18.4 Å². The van der Waals surface area contributed by atoms with Gasteiger partial charge in [-0.25, -0.2) is 14.8 Å². The number of alkyl carbamates (subject to hydrolysis) is 1. The lowest BCUT2D eigenvalue weighted by atomic mass is 9.87. The van der Waals surface area contributed by atoms with Crippen LogP contribution in [0, 0.1) is 5.92 Å². The zero-order chi connectivity index (χ0) is 25.2. The maximum Gasteiger partial charge on any atom is 0.406 e. The van der Waals surface area contributed by atoms with Gasteiger partial charge in [-0.3, -0.25) is 9.79 Å². The molecule has 2 N–H and O–H groups in total. The van der Waals surface area contributed by atoms with Crippen LogP contribution in [0.25, 0.3) is 10.2 Å². The SMILES string of the molecule is COC(=O)NCCOc1cc2c(cc1Nc1ncnc3sc4c(c13)CC[C@H](C(=O)N(C)C)C4)C=NC2. The van der Waals surface area contributed by atoms with E-state index in [1.165, 1.54) is 17.6 Å². The Bertz CT molecular complexity index is 1350. The number of aromatic nitrogens is 2. The molecular formula is C25H28N6O4S. The van der Waals surface area contributed by atoms with E-state index >= 15 is 0 Å². The van der Waals surface area contributed by atoms with Crippen LogP contribution in [0.1, 0.15) is 28.0 Å². The molecule has 0 saturated carbocycles. The average Bonchev–Trinajstić information content (AvgIpc) is 3.49. The molecule has 1 atom stereocenters. The molecule has 0 fully saturated rings. The van der Waals surface area contributed by atoms with Gasteiger partial charge in [0.25, 0.3) is 0 Å². The molecule has 3 heterocycles. The Balaban J connectivity index is 1.43. The van der Waals surface area contributed by atoms with Crippen molar-refractivity contribution in [1.82, 2.24) is 20.2 Å². The highest BCUT2D eigenvalue weighted by molar-refractivity contribution is 7.19. The number of carbonyl (C=O) groups is 2. The zero-order valence-electron chi connectivity index (χ0n) is 20.5. The first-order chi connectivity index (χ1) is 17.4. The molecule has 0 unspecified atom stereocenters. The number of nitrogens with zero attached hydrogens (tertiary/aromatic N) is 4. The Hall–Kier alpha value is -3.73. The van der Waals surface area contributed by atoms with E-state index in [9.17, 15) is 9.59 Å². The summed E-state index contributed by atoms with van der Waals surface area (Å²) in [5, 5.41) is 7.10. The summed E-state index contributed by atoms with van der Waals surface area (Å²) in [7, 11) is 4.94. The number of hydrogen-bond acceptors (Lipinski definition) is 9. The molecule has 188 valence electrons. The van der Waals surface area contributed by atoms with Crippen LogP contribution in [0.3, 0.4) is 0 Å². The number of hydrogen-bond donors (Lipinski definition) is 2. The first kappa shape index (κ1) is 24.0. The van der Waals surface area contributed by atoms with E-state index in [4.69, 9.17) is 4.74 Å². The maximum atomic E-state index is 12.6. The number of carbonyl (C=O) groups excluding carboxylic acids is 2. The number of fused-ring (bicyclic) bond motifs is 4. The Labute approximate surface area is 212 Å². The quantitative estimate of drug-likeness (QED) is 0.470. The molecule has 0 spiro atoms. The van der Waals surface area contributed by atoms with Crippen molar-refractivity contribution in [2.45, 2.75) is 25.8 Å². The van der Waals surface area contributed by atoms with Gasteiger partial charge in [-0.15, -0.1) is 11.3 Å². The second kappa shape index (κ2) is 10.1. The molecule has 0 radical (unpaired) electrons. The van der Waals surface area contributed by atoms with Gasteiger partial charge in [-0.1, -0.05) is 0 Å². The lowest BCUT2D eigenvalue weighted by Crippen LogP contribution is -2.32. The molecular weight excluding hydrogens is 480 g/mol. The van der Waals surface area contributed by atoms with E-state index in [1.807, 2.05) is 32.4 Å². The van der Waals surface area contributed by atoms with Crippen LogP contribution in [0.5, 0.6) is 5.75 Å². The molecule has 3 aromatic rings. The number of nitrogens with one attached hydrogen (secondary N) is 2. The van der Waals surface area contributed by atoms with Crippen LogP contribution in [-0.2, 0) is 28.9 Å². The topological polar surface area (TPSA) is 118 Å². The minimum atomic E-state index is -0.501. The summed E-state index contributed by atoms with van der Waals surface area (Å²) in [5.41, 5.74) is 4.08. The molecule has 1 aliphatic heterocycles. The van der Waals surface area contributed by atoms with E-state index in [0.717, 1.165) is 46.3 Å². The van der Waals surface area contributed by atoms with Crippen LogP contribution in [0.4, 0.5) is 16.3 Å². The Kier molecular flexibility index (Phi) is 6.73. The summed E-state index contributed by atoms with van der Waals surface area (Å²) in [6.07, 6.45) is 5.25. The fraction of sp³-hybridized carbons (Fsp3) is 0.400. The van der Waals surface area contributed by atoms with Crippen molar-refractivity contribution >= 4 is 51.3 Å². The number of amides is 2. The van der Waals surface area contributed by atoms with E-state index < -0.39 is 6.09 Å². The summed E-state index contributed by atoms with van der Waals surface area (Å²) in [6, 6.07) is 3.98. The summed E-state index contributed by atoms with van der Waals surface area (Å²) in [5.74, 6) is 1.53. The first-order valence-corrected chi connectivity index (χ1v) is 12.6. The largest absolute Gasteiger partial charge is 0.490 e. The average molecular weight is 509 g/mol. The van der Waals surface area contributed by atoms with Crippen molar-refractivity contribution in [3.05, 3.63) is 40.0 Å². The number of thiophene rings is 1. The molecule has 2 amide bonds. The summed E-state index contributed by atoms with van der Waals surface area (Å²) in [4.78, 5) is 41.2. The Morgan fingerprint density at radius 3 is 2.92 bits per heavy atom. The number of aliphatic imine (C=N–C) groups is 1. The third-order valence-electron chi connectivity index (χ3n) is 6.44. The third kappa shape index (κ3) is 4.70. The predicted octanol–water partition coefficient (Wildman–Crippen LogP) is 3.30. The molecule has 2 aromatic heterocycles. The van der Waals surface area contributed by atoms with Gasteiger partial charge >= 0.3 is 6.09 Å². The van der Waals surface area contributed by atoms with Crippen LogP contribution >= 0.6 is 11.3 Å². The zero-order valence-corrected chi connectivity index (χ0v) is 21.3.